The van der Waals surface area contributed by atoms with Crippen molar-refractivity contribution in [3.05, 3.63) is 0 Å². The highest BCUT2D eigenvalue weighted by Gasteiger charge is 2.33. The molecule has 1 heterocycles. The van der Waals surface area contributed by atoms with Crippen molar-refractivity contribution < 1.29 is 9.59 Å². The number of rotatable bonds is 1. The molecule has 0 bridgehead atoms. The number of nitrogens with zero attached hydrogens (tertiary/aromatic N) is 1. The first-order valence-electron chi connectivity index (χ1n) is 2.67. The van der Waals surface area contributed by atoms with Crippen molar-refractivity contribution >= 4 is 19.3 Å². The Kier molecular flexibility index (Phi) is 1.65. The summed E-state index contributed by atoms with van der Waals surface area (Å²) in [5, 5.41) is 0. The number of hydrogen-bond donors (Lipinski definition) is 0. The number of carbonyl (C=O) groups is 1. The first-order valence-corrected chi connectivity index (χ1v) is 4.41. The second kappa shape index (κ2) is 2.30. The van der Waals surface area contributed by atoms with Gasteiger partial charge in [-0.25, -0.2) is 0 Å². The summed E-state index contributed by atoms with van der Waals surface area (Å²) in [6.07, 6.45) is 0.606. The second-order valence-electron chi connectivity index (χ2n) is 1.88. The molecule has 0 aromatic heterocycles. The van der Waals surface area contributed by atoms with Gasteiger partial charge in [0.15, 0.2) is 0 Å². The Morgan fingerprint density at radius 3 is 2.56 bits per heavy atom. The zero-order chi connectivity index (χ0) is 6.85. The standard InChI is InChI=1S/C5H7NO2P/c1-9(4-7)6-3-2-5(6)8/h2-3H2,1H3/q+1. The van der Waals surface area contributed by atoms with Gasteiger partial charge in [-0.1, -0.05) is 0 Å². The van der Waals surface area contributed by atoms with Crippen LogP contribution in [0, 0.1) is 0 Å². The molecule has 0 spiro atoms. The zero-order valence-corrected chi connectivity index (χ0v) is 6.02. The van der Waals surface area contributed by atoms with Crippen LogP contribution in [0.3, 0.4) is 0 Å². The molecule has 1 aliphatic heterocycles. The lowest BCUT2D eigenvalue weighted by molar-refractivity contribution is -0.132. The van der Waals surface area contributed by atoms with Crippen LogP contribution in [0.4, 0.5) is 0 Å². The third-order valence-corrected chi connectivity index (χ3v) is 2.73. The minimum absolute atomic E-state index is 0.0898. The van der Waals surface area contributed by atoms with E-state index in [0.29, 0.717) is 6.42 Å². The van der Waals surface area contributed by atoms with Gasteiger partial charge in [-0.2, -0.15) is 9.46 Å². The molecular formula is C5H7NO2P+. The predicted octanol–water partition coefficient (Wildman–Crippen LogP) is 0.313. The molecule has 1 rings (SSSR count). The van der Waals surface area contributed by atoms with E-state index in [9.17, 15) is 9.59 Å². The SMILES string of the molecule is C[P+](=C=O)N1CCC1=O. The lowest BCUT2D eigenvalue weighted by atomic mass is 10.3. The van der Waals surface area contributed by atoms with E-state index >= 15 is 0 Å². The minimum Gasteiger partial charge on any atom is -0.271 e. The van der Waals surface area contributed by atoms with Crippen LogP contribution in [0.15, 0.2) is 0 Å². The second-order valence-corrected chi connectivity index (χ2v) is 3.59. The summed E-state index contributed by atoms with van der Waals surface area (Å²) in [5.74, 6) is 0.0898. The van der Waals surface area contributed by atoms with Crippen molar-refractivity contribution in [2.45, 2.75) is 6.42 Å². The molecule has 0 aromatic carbocycles. The maximum absolute atomic E-state index is 10.6. The van der Waals surface area contributed by atoms with Crippen molar-refractivity contribution in [1.29, 1.82) is 0 Å². The van der Waals surface area contributed by atoms with Crippen LogP contribution in [0.5, 0.6) is 0 Å². The molecule has 1 unspecified atom stereocenters. The molecule has 1 aliphatic rings. The fourth-order valence-corrected chi connectivity index (χ4v) is 1.60. The first kappa shape index (κ1) is 6.47. The molecule has 0 aromatic rings. The van der Waals surface area contributed by atoms with Gasteiger partial charge in [-0.15, -0.1) is 0 Å². The summed E-state index contributed by atoms with van der Waals surface area (Å²) in [7, 11) is -0.914. The fraction of sp³-hybridized carbons (Fsp3) is 0.600. The average molecular weight is 144 g/mol. The van der Waals surface area contributed by atoms with Crippen LogP contribution in [0.2, 0.25) is 0 Å². The molecule has 1 amide bonds. The van der Waals surface area contributed by atoms with E-state index in [-0.39, 0.29) is 5.91 Å². The molecule has 0 saturated carbocycles. The van der Waals surface area contributed by atoms with E-state index in [2.05, 4.69) is 0 Å². The van der Waals surface area contributed by atoms with Crippen molar-refractivity contribution in [2.75, 3.05) is 13.2 Å². The van der Waals surface area contributed by atoms with Gasteiger partial charge >= 0.3 is 13.4 Å². The molecule has 9 heavy (non-hydrogen) atoms. The van der Waals surface area contributed by atoms with Crippen LogP contribution in [0.1, 0.15) is 6.42 Å². The van der Waals surface area contributed by atoms with Crippen LogP contribution < -0.4 is 0 Å². The molecule has 0 aliphatic carbocycles. The minimum atomic E-state index is -0.914. The van der Waals surface area contributed by atoms with Crippen molar-refractivity contribution in [1.82, 2.24) is 4.67 Å². The summed E-state index contributed by atoms with van der Waals surface area (Å²) in [6, 6.07) is 0. The molecule has 0 N–H and O–H groups in total. The third kappa shape index (κ3) is 1.02. The highest BCUT2D eigenvalue weighted by Crippen LogP contribution is 2.28. The Morgan fingerprint density at radius 1 is 1.78 bits per heavy atom. The molecule has 3 nitrogen and oxygen atoms in total. The van der Waals surface area contributed by atoms with Crippen molar-refractivity contribution in [2.24, 2.45) is 0 Å². The summed E-state index contributed by atoms with van der Waals surface area (Å²) >= 11 is 0. The van der Waals surface area contributed by atoms with Crippen molar-refractivity contribution in [3.63, 3.8) is 0 Å². The number of hydrogen-bond acceptors (Lipinski definition) is 2. The van der Waals surface area contributed by atoms with Crippen LogP contribution in [-0.4, -0.2) is 29.4 Å². The van der Waals surface area contributed by atoms with Gasteiger partial charge in [0.2, 0.25) is 0 Å². The van der Waals surface area contributed by atoms with Gasteiger partial charge in [-0.3, -0.25) is 4.79 Å². The Bertz CT molecular complexity index is 195. The van der Waals surface area contributed by atoms with Gasteiger partial charge in [0.1, 0.15) is 6.66 Å². The van der Waals surface area contributed by atoms with Crippen LogP contribution >= 0.6 is 7.70 Å². The summed E-state index contributed by atoms with van der Waals surface area (Å²) in [5.41, 5.74) is 1.82. The quantitative estimate of drug-likeness (QED) is 0.392. The van der Waals surface area contributed by atoms with Crippen LogP contribution in [-0.2, 0) is 9.59 Å². The predicted molar refractivity (Wildman–Crippen MR) is 34.9 cm³/mol. The van der Waals surface area contributed by atoms with E-state index < -0.39 is 7.70 Å². The third-order valence-electron chi connectivity index (χ3n) is 1.32. The first-order chi connectivity index (χ1) is 4.25. The topological polar surface area (TPSA) is 37.4 Å². The lowest BCUT2D eigenvalue weighted by Crippen LogP contribution is -2.37. The summed E-state index contributed by atoms with van der Waals surface area (Å²) in [6.45, 7) is 2.48. The van der Waals surface area contributed by atoms with Gasteiger partial charge in [0, 0.05) is 0 Å². The highest BCUT2D eigenvalue weighted by molar-refractivity contribution is 7.53. The van der Waals surface area contributed by atoms with E-state index in [0.717, 1.165) is 6.54 Å². The Balaban J connectivity index is 2.64. The van der Waals surface area contributed by atoms with Crippen molar-refractivity contribution in [3.8, 4) is 0 Å². The van der Waals surface area contributed by atoms with E-state index in [4.69, 9.17) is 0 Å². The molecule has 0 radical (unpaired) electrons. The number of carbonyl (C=O) groups excluding carboxylic acids is 2. The summed E-state index contributed by atoms with van der Waals surface area (Å²) in [4.78, 5) is 20.6. The normalized spacial score (nSPS) is 18.6. The molecule has 48 valence electrons. The van der Waals surface area contributed by atoms with E-state index in [1.165, 1.54) is 0 Å². The number of β-lactam (4-membered cyclic amide) rings is 1. The number of amides is 1. The lowest BCUT2D eigenvalue weighted by Gasteiger charge is -2.19. The Labute approximate surface area is 54.1 Å². The Morgan fingerprint density at radius 2 is 2.44 bits per heavy atom. The van der Waals surface area contributed by atoms with Crippen LogP contribution in [0.25, 0.3) is 0 Å². The molecular weight excluding hydrogens is 137 g/mol. The Hall–Kier alpha value is -0.650. The maximum Gasteiger partial charge on any atom is 0.359 e. The average Bonchev–Trinajstić information content (AvgIpc) is 1.84. The smallest absolute Gasteiger partial charge is 0.271 e. The highest BCUT2D eigenvalue weighted by atomic mass is 31.1. The molecule has 1 atom stereocenters. The molecule has 4 heteroatoms. The van der Waals surface area contributed by atoms with Gasteiger partial charge < -0.3 is 0 Å². The maximum atomic E-state index is 10.6. The van der Waals surface area contributed by atoms with E-state index in [1.54, 1.807) is 11.3 Å². The molecule has 1 fully saturated rings. The molecule has 1 saturated heterocycles. The van der Waals surface area contributed by atoms with Gasteiger partial charge in [0.25, 0.3) is 5.91 Å². The summed E-state index contributed by atoms with van der Waals surface area (Å²) < 4.78 is 1.57. The largest absolute Gasteiger partial charge is 0.359 e. The van der Waals surface area contributed by atoms with E-state index in [1.807, 2.05) is 5.66 Å². The monoisotopic (exact) mass is 144 g/mol. The van der Waals surface area contributed by atoms with Gasteiger partial charge in [0.05, 0.1) is 13.0 Å². The van der Waals surface area contributed by atoms with Gasteiger partial charge in [-0.05, 0) is 0 Å². The zero-order valence-electron chi connectivity index (χ0n) is 5.13. The fourth-order valence-electron chi connectivity index (χ4n) is 0.670.